The Bertz CT molecular complexity index is 371. The molecule has 1 aromatic rings. The van der Waals surface area contributed by atoms with Gasteiger partial charge in [-0.2, -0.15) is 0 Å². The largest absolute Gasteiger partial charge is 0.447 e. The average Bonchev–Trinajstić information content (AvgIpc) is 2.90. The van der Waals surface area contributed by atoms with Crippen LogP contribution in [0.1, 0.15) is 25.7 Å². The Hall–Kier alpha value is -1.10. The van der Waals surface area contributed by atoms with Crippen LogP contribution in [0.15, 0.2) is 11.6 Å². The molecule has 3 rings (SSSR count). The van der Waals surface area contributed by atoms with Gasteiger partial charge in [-0.1, -0.05) is 12.8 Å². The molecule has 1 saturated carbocycles. The number of aromatic nitrogens is 1. The van der Waals surface area contributed by atoms with E-state index < -0.39 is 0 Å². The van der Waals surface area contributed by atoms with E-state index in [9.17, 15) is 4.79 Å². The molecule has 0 unspecified atom stereocenters. The predicted molar refractivity (Wildman–Crippen MR) is 57.1 cm³/mol. The summed E-state index contributed by atoms with van der Waals surface area (Å²) in [5.74, 6) is 0. The minimum Gasteiger partial charge on any atom is -0.447 e. The maximum Gasteiger partial charge on any atom is 0.416 e. The van der Waals surface area contributed by atoms with Crippen molar-refractivity contribution in [3.05, 3.63) is 11.6 Å². The minimum absolute atomic E-state index is 0.0884. The van der Waals surface area contributed by atoms with E-state index in [2.05, 4.69) is 4.98 Å². The molecule has 80 valence electrons. The Morgan fingerprint density at radius 3 is 2.93 bits per heavy atom. The summed E-state index contributed by atoms with van der Waals surface area (Å²) in [5, 5.41) is 2.67. The Balaban J connectivity index is 1.99. The summed E-state index contributed by atoms with van der Waals surface area (Å²) < 4.78 is 5.18. The van der Waals surface area contributed by atoms with Crippen LogP contribution in [0.5, 0.6) is 0 Å². The summed E-state index contributed by atoms with van der Waals surface area (Å²) in [4.78, 5) is 17.7. The Kier molecular flexibility index (Phi) is 1.95. The lowest BCUT2D eigenvalue weighted by Crippen LogP contribution is -2.45. The van der Waals surface area contributed by atoms with Crippen LogP contribution in [0.2, 0.25) is 0 Å². The first-order chi connectivity index (χ1) is 7.32. The minimum atomic E-state index is -0.230. The van der Waals surface area contributed by atoms with E-state index in [-0.39, 0.29) is 11.6 Å². The quantitative estimate of drug-likeness (QED) is 0.735. The van der Waals surface area contributed by atoms with Crippen LogP contribution in [0.25, 0.3) is 0 Å². The van der Waals surface area contributed by atoms with Gasteiger partial charge in [0.25, 0.3) is 0 Å². The third-order valence-corrected chi connectivity index (χ3v) is 4.02. The first kappa shape index (κ1) is 9.15. The Morgan fingerprint density at radius 1 is 1.47 bits per heavy atom. The number of carbonyl (C=O) groups is 1. The summed E-state index contributed by atoms with van der Waals surface area (Å²) in [7, 11) is 0. The van der Waals surface area contributed by atoms with Gasteiger partial charge in [0.05, 0.1) is 5.54 Å². The fourth-order valence-corrected chi connectivity index (χ4v) is 3.27. The van der Waals surface area contributed by atoms with Crippen molar-refractivity contribution in [2.75, 3.05) is 11.5 Å². The third kappa shape index (κ3) is 1.26. The molecule has 5 heteroatoms. The highest BCUT2D eigenvalue weighted by molar-refractivity contribution is 7.13. The lowest BCUT2D eigenvalue weighted by molar-refractivity contribution is 0.173. The van der Waals surface area contributed by atoms with Crippen LogP contribution in [0.4, 0.5) is 9.93 Å². The maximum absolute atomic E-state index is 11.7. The topological polar surface area (TPSA) is 42.4 Å². The second-order valence-corrected chi connectivity index (χ2v) is 5.01. The zero-order valence-corrected chi connectivity index (χ0v) is 9.13. The number of hydrogen-bond donors (Lipinski definition) is 0. The normalized spacial score (nSPS) is 23.7. The molecule has 0 bridgehead atoms. The van der Waals surface area contributed by atoms with Crippen molar-refractivity contribution in [1.29, 1.82) is 0 Å². The number of ether oxygens (including phenoxy) is 1. The van der Waals surface area contributed by atoms with Crippen LogP contribution in [-0.2, 0) is 4.74 Å². The van der Waals surface area contributed by atoms with Crippen molar-refractivity contribution in [3.8, 4) is 0 Å². The van der Waals surface area contributed by atoms with Gasteiger partial charge in [0.1, 0.15) is 6.61 Å². The predicted octanol–water partition coefficient (Wildman–Crippen LogP) is 2.41. The van der Waals surface area contributed by atoms with E-state index in [4.69, 9.17) is 4.74 Å². The van der Waals surface area contributed by atoms with Gasteiger partial charge in [-0.15, -0.1) is 11.3 Å². The van der Waals surface area contributed by atoms with Crippen molar-refractivity contribution in [3.63, 3.8) is 0 Å². The molecule has 2 aliphatic rings. The SMILES string of the molecule is O=C1OCC2(CCCC2)N1c1nccs1. The van der Waals surface area contributed by atoms with E-state index >= 15 is 0 Å². The molecule has 0 aromatic carbocycles. The molecule has 4 nitrogen and oxygen atoms in total. The number of amides is 1. The molecular weight excluding hydrogens is 212 g/mol. The van der Waals surface area contributed by atoms with E-state index in [1.54, 1.807) is 11.1 Å². The van der Waals surface area contributed by atoms with Gasteiger partial charge in [-0.05, 0) is 12.8 Å². The second-order valence-electron chi connectivity index (χ2n) is 4.14. The summed E-state index contributed by atoms with van der Waals surface area (Å²) in [6.07, 6.45) is 5.94. The first-order valence-electron chi connectivity index (χ1n) is 5.18. The zero-order chi connectivity index (χ0) is 10.3. The van der Waals surface area contributed by atoms with Crippen LogP contribution in [-0.4, -0.2) is 23.2 Å². The van der Waals surface area contributed by atoms with Gasteiger partial charge in [-0.25, -0.2) is 14.7 Å². The van der Waals surface area contributed by atoms with Gasteiger partial charge in [0.15, 0.2) is 5.13 Å². The van der Waals surface area contributed by atoms with Crippen LogP contribution in [0, 0.1) is 0 Å². The molecule has 1 spiro atoms. The van der Waals surface area contributed by atoms with Crippen molar-refractivity contribution >= 4 is 22.6 Å². The fourth-order valence-electron chi connectivity index (χ4n) is 2.53. The lowest BCUT2D eigenvalue weighted by atomic mass is 9.98. The standard InChI is InChI=1S/C10H12N2O2S/c13-9-12(8-11-5-6-15-8)10(7-14-9)3-1-2-4-10/h5-6H,1-4,7H2. The van der Waals surface area contributed by atoms with E-state index in [1.165, 1.54) is 24.2 Å². The number of rotatable bonds is 1. The number of cyclic esters (lactones) is 1. The molecule has 2 heterocycles. The molecule has 2 fully saturated rings. The second kappa shape index (κ2) is 3.20. The molecule has 15 heavy (non-hydrogen) atoms. The van der Waals surface area contributed by atoms with Gasteiger partial charge < -0.3 is 4.74 Å². The van der Waals surface area contributed by atoms with Crippen molar-refractivity contribution in [2.24, 2.45) is 0 Å². The number of carbonyl (C=O) groups excluding carboxylic acids is 1. The van der Waals surface area contributed by atoms with E-state index in [0.29, 0.717) is 6.61 Å². The number of anilines is 1. The highest BCUT2D eigenvalue weighted by Gasteiger charge is 2.50. The Morgan fingerprint density at radius 2 is 2.27 bits per heavy atom. The molecule has 1 aromatic heterocycles. The lowest BCUT2D eigenvalue weighted by Gasteiger charge is -2.28. The van der Waals surface area contributed by atoms with Crippen LogP contribution in [0.3, 0.4) is 0 Å². The molecule has 1 aliphatic carbocycles. The van der Waals surface area contributed by atoms with Crippen LogP contribution < -0.4 is 4.90 Å². The highest BCUT2D eigenvalue weighted by Crippen LogP contribution is 2.42. The van der Waals surface area contributed by atoms with Gasteiger partial charge in [-0.3, -0.25) is 0 Å². The van der Waals surface area contributed by atoms with E-state index in [1.807, 2.05) is 5.38 Å². The molecular formula is C10H12N2O2S. The molecule has 1 amide bonds. The van der Waals surface area contributed by atoms with Gasteiger partial charge in [0.2, 0.25) is 0 Å². The summed E-state index contributed by atoms with van der Waals surface area (Å²) in [6.45, 7) is 0.533. The zero-order valence-electron chi connectivity index (χ0n) is 8.31. The molecule has 1 saturated heterocycles. The van der Waals surface area contributed by atoms with Gasteiger partial charge in [0, 0.05) is 11.6 Å². The van der Waals surface area contributed by atoms with Crippen molar-refractivity contribution < 1.29 is 9.53 Å². The molecule has 0 radical (unpaired) electrons. The first-order valence-corrected chi connectivity index (χ1v) is 6.06. The van der Waals surface area contributed by atoms with Crippen molar-refractivity contribution in [1.82, 2.24) is 4.98 Å². The number of thiazole rings is 1. The fraction of sp³-hybridized carbons (Fsp3) is 0.600. The van der Waals surface area contributed by atoms with E-state index in [0.717, 1.165) is 18.0 Å². The van der Waals surface area contributed by atoms with Crippen molar-refractivity contribution in [2.45, 2.75) is 31.2 Å². The third-order valence-electron chi connectivity index (χ3n) is 3.27. The number of hydrogen-bond acceptors (Lipinski definition) is 4. The summed E-state index contributed by atoms with van der Waals surface area (Å²) in [5.41, 5.74) is -0.0884. The number of nitrogens with zero attached hydrogens (tertiary/aromatic N) is 2. The molecule has 0 N–H and O–H groups in total. The summed E-state index contributed by atoms with van der Waals surface area (Å²) in [6, 6.07) is 0. The van der Waals surface area contributed by atoms with Gasteiger partial charge >= 0.3 is 6.09 Å². The highest BCUT2D eigenvalue weighted by atomic mass is 32.1. The molecule has 0 atom stereocenters. The van der Waals surface area contributed by atoms with Crippen LogP contribution >= 0.6 is 11.3 Å². The smallest absolute Gasteiger partial charge is 0.416 e. The summed E-state index contributed by atoms with van der Waals surface area (Å²) >= 11 is 1.50. The monoisotopic (exact) mass is 224 g/mol. The maximum atomic E-state index is 11.7. The average molecular weight is 224 g/mol. The Labute approximate surface area is 91.9 Å². The molecule has 1 aliphatic heterocycles.